The van der Waals surface area contributed by atoms with E-state index < -0.39 is 40.8 Å². The van der Waals surface area contributed by atoms with Gasteiger partial charge in [-0.15, -0.1) is 0 Å². The zero-order valence-corrected chi connectivity index (χ0v) is 20.7. The van der Waals surface area contributed by atoms with Crippen LogP contribution in [0, 0.1) is 24.5 Å². The molecule has 3 aromatic rings. The van der Waals surface area contributed by atoms with Crippen molar-refractivity contribution in [2.24, 2.45) is 5.92 Å². The van der Waals surface area contributed by atoms with E-state index in [1.165, 1.54) is 23.0 Å². The molecule has 3 heterocycles. The van der Waals surface area contributed by atoms with Gasteiger partial charge < -0.3 is 14.7 Å². The first kappa shape index (κ1) is 24.5. The minimum atomic E-state index is -1.11. The Morgan fingerprint density at radius 3 is 2.54 bits per heavy atom. The molecule has 192 valence electrons. The van der Waals surface area contributed by atoms with E-state index in [0.717, 1.165) is 17.2 Å². The number of carbonyl (C=O) groups excluding carboxylic acids is 1. The predicted molar refractivity (Wildman–Crippen MR) is 134 cm³/mol. The molecule has 0 fully saturated rings. The van der Waals surface area contributed by atoms with Crippen LogP contribution in [0.3, 0.4) is 0 Å². The number of halogens is 2. The van der Waals surface area contributed by atoms with Crippen LogP contribution in [0.25, 0.3) is 0 Å². The number of hydrogen-bond acceptors (Lipinski definition) is 5. The summed E-state index contributed by atoms with van der Waals surface area (Å²) >= 11 is 0. The van der Waals surface area contributed by atoms with Crippen molar-refractivity contribution in [1.29, 1.82) is 0 Å². The van der Waals surface area contributed by atoms with Gasteiger partial charge in [-0.3, -0.25) is 19.3 Å². The van der Waals surface area contributed by atoms with Crippen LogP contribution in [0.4, 0.5) is 8.78 Å². The van der Waals surface area contributed by atoms with Crippen molar-refractivity contribution in [2.75, 3.05) is 18.3 Å². The summed E-state index contributed by atoms with van der Waals surface area (Å²) in [6.07, 6.45) is 4.86. The highest BCUT2D eigenvalue weighted by Gasteiger charge is 2.41. The summed E-state index contributed by atoms with van der Waals surface area (Å²) < 4.78 is 36.9. The predicted octanol–water partition coefficient (Wildman–Crippen LogP) is 4.25. The second-order valence-electron chi connectivity index (χ2n) is 9.59. The van der Waals surface area contributed by atoms with Crippen LogP contribution in [0.5, 0.6) is 11.5 Å². The Hall–Kier alpha value is -4.14. The Morgan fingerprint density at radius 2 is 1.81 bits per heavy atom. The number of benzene rings is 2. The first-order valence-electron chi connectivity index (χ1n) is 12.1. The quantitative estimate of drug-likeness (QED) is 0.525. The highest BCUT2D eigenvalue weighted by atomic mass is 19.2. The number of aryl methyl sites for hydroxylation is 1. The zero-order chi connectivity index (χ0) is 26.4. The van der Waals surface area contributed by atoms with Crippen LogP contribution < -0.4 is 15.2 Å². The Bertz CT molecular complexity index is 1470. The Balaban J connectivity index is 1.87. The monoisotopic (exact) mass is 507 g/mol. The van der Waals surface area contributed by atoms with E-state index in [9.17, 15) is 19.1 Å². The van der Waals surface area contributed by atoms with Gasteiger partial charge in [0.2, 0.25) is 11.2 Å². The van der Waals surface area contributed by atoms with Gasteiger partial charge in [0, 0.05) is 17.8 Å². The molecule has 2 aromatic carbocycles. The number of rotatable bonds is 2. The minimum absolute atomic E-state index is 0.0404. The maximum Gasteiger partial charge on any atom is 0.278 e. The van der Waals surface area contributed by atoms with E-state index in [-0.39, 0.29) is 30.6 Å². The number of carbonyl (C=O) groups is 1. The second-order valence-corrected chi connectivity index (χ2v) is 9.59. The average Bonchev–Trinajstić information content (AvgIpc) is 2.89. The van der Waals surface area contributed by atoms with Gasteiger partial charge in [0.25, 0.3) is 5.91 Å². The van der Waals surface area contributed by atoms with E-state index in [4.69, 9.17) is 4.74 Å². The van der Waals surface area contributed by atoms with Gasteiger partial charge in [-0.2, -0.15) is 4.39 Å². The molecule has 1 aromatic heterocycles. The number of nitrogens with zero attached hydrogens (tertiary/aromatic N) is 3. The van der Waals surface area contributed by atoms with E-state index in [1.807, 2.05) is 45.0 Å². The van der Waals surface area contributed by atoms with Gasteiger partial charge in [0.05, 0.1) is 6.04 Å². The van der Waals surface area contributed by atoms with Gasteiger partial charge in [-0.25, -0.2) is 4.39 Å². The SMILES string of the molecule is Cc1ccccc1[C@H]1c2ccc(F)c(F)c2OC/C=C/[C@H](C(C)C)N2CN1n1ccc(=O)c(O)c1C2=O. The molecule has 0 saturated heterocycles. The number of amides is 1. The molecule has 0 unspecified atom stereocenters. The second kappa shape index (κ2) is 9.38. The molecule has 9 heteroatoms. The molecule has 2 aliphatic heterocycles. The largest absolute Gasteiger partial charge is 0.502 e. The number of aromatic hydroxyl groups is 1. The summed E-state index contributed by atoms with van der Waals surface area (Å²) in [5.74, 6) is -3.62. The van der Waals surface area contributed by atoms with Crippen molar-refractivity contribution >= 4 is 5.91 Å². The number of pyridine rings is 1. The van der Waals surface area contributed by atoms with Crippen LogP contribution in [-0.4, -0.2) is 39.9 Å². The van der Waals surface area contributed by atoms with E-state index in [1.54, 1.807) is 22.1 Å². The van der Waals surface area contributed by atoms with Crippen LogP contribution >= 0.6 is 0 Å². The van der Waals surface area contributed by atoms with Crippen LogP contribution in [0.15, 0.2) is 65.6 Å². The van der Waals surface area contributed by atoms with Crippen molar-refractivity contribution in [1.82, 2.24) is 9.58 Å². The maximum atomic E-state index is 15.2. The molecule has 2 aliphatic rings. The normalized spacial score (nSPS) is 20.1. The Morgan fingerprint density at radius 1 is 1.05 bits per heavy atom. The smallest absolute Gasteiger partial charge is 0.278 e. The third-order valence-corrected chi connectivity index (χ3v) is 6.95. The minimum Gasteiger partial charge on any atom is -0.502 e. The average molecular weight is 508 g/mol. The molecule has 37 heavy (non-hydrogen) atoms. The third kappa shape index (κ3) is 4.04. The van der Waals surface area contributed by atoms with Crippen LogP contribution in [-0.2, 0) is 0 Å². The number of fused-ring (bicyclic) bond motifs is 5. The van der Waals surface area contributed by atoms with Gasteiger partial charge >= 0.3 is 0 Å². The summed E-state index contributed by atoms with van der Waals surface area (Å²) in [5.41, 5.74) is 1.08. The van der Waals surface area contributed by atoms with Crippen molar-refractivity contribution < 1.29 is 23.4 Å². The Kier molecular flexibility index (Phi) is 6.23. The summed E-state index contributed by atoms with van der Waals surface area (Å²) in [6, 6.07) is 9.96. The molecule has 1 amide bonds. The van der Waals surface area contributed by atoms with Gasteiger partial charge in [0.15, 0.2) is 23.0 Å². The van der Waals surface area contributed by atoms with Gasteiger partial charge in [0.1, 0.15) is 19.3 Å². The summed E-state index contributed by atoms with van der Waals surface area (Å²) in [7, 11) is 0. The first-order chi connectivity index (χ1) is 17.7. The fraction of sp³-hybridized carbons (Fsp3) is 0.286. The maximum absolute atomic E-state index is 15.2. The molecule has 0 spiro atoms. The lowest BCUT2D eigenvalue weighted by Gasteiger charge is -2.46. The highest BCUT2D eigenvalue weighted by Crippen LogP contribution is 2.40. The van der Waals surface area contributed by atoms with Crippen molar-refractivity contribution in [3.05, 3.63) is 105 Å². The molecule has 0 saturated carbocycles. The van der Waals surface area contributed by atoms with Crippen molar-refractivity contribution in [2.45, 2.75) is 32.9 Å². The van der Waals surface area contributed by atoms with E-state index in [2.05, 4.69) is 0 Å². The van der Waals surface area contributed by atoms with Crippen LogP contribution in [0.2, 0.25) is 0 Å². The molecule has 2 bridgehead atoms. The zero-order valence-electron chi connectivity index (χ0n) is 20.7. The third-order valence-electron chi connectivity index (χ3n) is 6.95. The molecular formula is C28H27F2N3O4. The molecular weight excluding hydrogens is 480 g/mol. The van der Waals surface area contributed by atoms with Crippen LogP contribution in [0.1, 0.15) is 47.1 Å². The molecule has 0 radical (unpaired) electrons. The highest BCUT2D eigenvalue weighted by molar-refractivity contribution is 5.96. The number of hydrogen-bond donors (Lipinski definition) is 1. The summed E-state index contributed by atoms with van der Waals surface area (Å²) in [5, 5.41) is 12.5. The lowest BCUT2D eigenvalue weighted by Crippen LogP contribution is -2.58. The van der Waals surface area contributed by atoms with E-state index in [0.29, 0.717) is 5.56 Å². The Labute approximate surface area is 212 Å². The number of ether oxygens (including phenoxy) is 1. The number of aromatic nitrogens is 1. The summed E-state index contributed by atoms with van der Waals surface area (Å²) in [6.45, 7) is 5.79. The lowest BCUT2D eigenvalue weighted by atomic mass is 9.93. The van der Waals surface area contributed by atoms with Crippen molar-refractivity contribution in [3.8, 4) is 11.5 Å². The standard InChI is InChI=1S/C28H27F2N3O4/c1-16(2)21-9-6-14-37-27-19(10-11-20(29)23(27)30)24(18-8-5-4-7-17(18)3)33-15-31(21)28(36)25-26(35)22(34)12-13-32(25)33/h4-13,16,21,24,35H,14-15H2,1-3H3/b9-6+/t21-,24+/m1/s1. The summed E-state index contributed by atoms with van der Waals surface area (Å²) in [4.78, 5) is 27.7. The topological polar surface area (TPSA) is 75.0 Å². The molecule has 1 N–H and O–H groups in total. The van der Waals surface area contributed by atoms with Gasteiger partial charge in [-0.1, -0.05) is 44.2 Å². The first-order valence-corrected chi connectivity index (χ1v) is 12.1. The molecule has 7 nitrogen and oxygen atoms in total. The molecule has 2 atom stereocenters. The lowest BCUT2D eigenvalue weighted by molar-refractivity contribution is 0.0588. The fourth-order valence-corrected chi connectivity index (χ4v) is 5.09. The fourth-order valence-electron chi connectivity index (χ4n) is 5.09. The van der Waals surface area contributed by atoms with Gasteiger partial charge in [-0.05, 0) is 42.2 Å². The molecule has 5 rings (SSSR count). The molecule has 0 aliphatic carbocycles. The van der Waals surface area contributed by atoms with Crippen molar-refractivity contribution in [3.63, 3.8) is 0 Å². The van der Waals surface area contributed by atoms with E-state index >= 15 is 4.39 Å².